The third-order valence-corrected chi connectivity index (χ3v) is 7.40. The summed E-state index contributed by atoms with van der Waals surface area (Å²) in [6.45, 7) is 4.28. The molecule has 1 saturated heterocycles. The fraction of sp³-hybridized carbons (Fsp3) is 0.520. The Morgan fingerprint density at radius 2 is 2.06 bits per heavy atom. The van der Waals surface area contributed by atoms with Crippen molar-refractivity contribution < 1.29 is 4.74 Å². The zero-order chi connectivity index (χ0) is 23.0. The molecule has 1 aliphatic carbocycles. The maximum Gasteiger partial charge on any atom is 0.130 e. The molecule has 0 bridgehead atoms. The largest absolute Gasteiger partial charge is 0.377 e. The van der Waals surface area contributed by atoms with Crippen LogP contribution < -0.4 is 4.90 Å². The number of fused-ring (bicyclic) bond motifs is 1. The van der Waals surface area contributed by atoms with Crippen molar-refractivity contribution in [1.82, 2.24) is 25.1 Å². The maximum atomic E-state index is 10.5. The topological polar surface area (TPSA) is 94.0 Å². The molecule has 3 aromatic heterocycles. The van der Waals surface area contributed by atoms with Crippen LogP contribution in [0.2, 0.25) is 0 Å². The van der Waals surface area contributed by atoms with E-state index in [2.05, 4.69) is 58.1 Å². The molecule has 1 atom stereocenters. The first-order valence-corrected chi connectivity index (χ1v) is 11.7. The van der Waals surface area contributed by atoms with E-state index in [1.807, 2.05) is 18.3 Å². The van der Waals surface area contributed by atoms with Crippen molar-refractivity contribution in [2.24, 2.45) is 0 Å². The number of pyridine rings is 2. The van der Waals surface area contributed by atoms with Crippen molar-refractivity contribution in [1.29, 1.82) is 5.26 Å². The molecule has 1 N–H and O–H groups in total. The van der Waals surface area contributed by atoms with Gasteiger partial charge in [0.2, 0.25) is 0 Å². The number of H-pyrrole nitrogens is 1. The Kier molecular flexibility index (Phi) is 5.77. The highest BCUT2D eigenvalue weighted by Crippen LogP contribution is 2.44. The second kappa shape index (κ2) is 8.73. The maximum absolute atomic E-state index is 10.5. The molecule has 2 aliphatic rings. The lowest BCUT2D eigenvalue weighted by Crippen LogP contribution is -2.44. The molecule has 172 valence electrons. The summed E-state index contributed by atoms with van der Waals surface area (Å²) in [5.41, 5.74) is 2.95. The van der Waals surface area contributed by atoms with Crippen LogP contribution in [0, 0.1) is 11.3 Å². The van der Waals surface area contributed by atoms with Gasteiger partial charge >= 0.3 is 0 Å². The second-order valence-corrected chi connectivity index (χ2v) is 9.56. The van der Waals surface area contributed by atoms with Crippen LogP contribution in [0.1, 0.15) is 38.2 Å². The Hall–Kier alpha value is -3.02. The van der Waals surface area contributed by atoms with Gasteiger partial charge in [-0.3, -0.25) is 10.1 Å². The number of nitrogens with zero attached hydrogens (tertiary/aromatic N) is 6. The standard InChI is InChI=1S/C25H31N7O/c1-17-15-33-13-12-32(17)22-14-20(25(16-26)8-4-18(5-9-25)31(2)3)19-6-10-27-24(23(19)29-22)21-7-11-28-30-21/h6-7,10-11,14,17-18H,4-5,8-9,12-13,15H2,1-3H3,(H,28,30)/t17-,18?,25?/m1/s1. The number of hydrogen-bond donors (Lipinski definition) is 1. The van der Waals surface area contributed by atoms with Gasteiger partial charge in [-0.2, -0.15) is 10.4 Å². The molecule has 8 nitrogen and oxygen atoms in total. The first-order valence-electron chi connectivity index (χ1n) is 11.7. The van der Waals surface area contributed by atoms with Gasteiger partial charge in [0, 0.05) is 30.4 Å². The van der Waals surface area contributed by atoms with Crippen molar-refractivity contribution in [3.05, 3.63) is 36.2 Å². The summed E-state index contributed by atoms with van der Waals surface area (Å²) >= 11 is 0. The van der Waals surface area contributed by atoms with Crippen molar-refractivity contribution in [3.8, 4) is 17.5 Å². The summed E-state index contributed by atoms with van der Waals surface area (Å²) in [7, 11) is 4.26. The van der Waals surface area contributed by atoms with Crippen molar-refractivity contribution >= 4 is 16.7 Å². The van der Waals surface area contributed by atoms with Crippen LogP contribution in [0.25, 0.3) is 22.3 Å². The van der Waals surface area contributed by atoms with Gasteiger partial charge in [0.05, 0.1) is 36.4 Å². The van der Waals surface area contributed by atoms with Gasteiger partial charge in [-0.05, 0) is 70.5 Å². The summed E-state index contributed by atoms with van der Waals surface area (Å²) in [4.78, 5) is 14.4. The van der Waals surface area contributed by atoms with Crippen molar-refractivity contribution in [2.45, 2.75) is 50.1 Å². The lowest BCUT2D eigenvalue weighted by atomic mass is 9.68. The van der Waals surface area contributed by atoms with Crippen LogP contribution in [-0.2, 0) is 10.2 Å². The zero-order valence-electron chi connectivity index (χ0n) is 19.6. The fourth-order valence-electron chi connectivity index (χ4n) is 5.39. The number of hydrogen-bond acceptors (Lipinski definition) is 7. The molecular weight excluding hydrogens is 414 g/mol. The summed E-state index contributed by atoms with van der Waals surface area (Å²) in [5.74, 6) is 0.895. The number of ether oxygens (including phenoxy) is 1. The normalized spacial score (nSPS) is 26.0. The smallest absolute Gasteiger partial charge is 0.130 e. The van der Waals surface area contributed by atoms with E-state index in [4.69, 9.17) is 9.72 Å². The number of anilines is 1. The highest BCUT2D eigenvalue weighted by Gasteiger charge is 2.40. The fourth-order valence-corrected chi connectivity index (χ4v) is 5.39. The summed E-state index contributed by atoms with van der Waals surface area (Å²) < 4.78 is 5.67. The van der Waals surface area contributed by atoms with Crippen LogP contribution >= 0.6 is 0 Å². The predicted octanol–water partition coefficient (Wildman–Crippen LogP) is 3.51. The van der Waals surface area contributed by atoms with E-state index in [1.54, 1.807) is 6.20 Å². The average molecular weight is 446 g/mol. The van der Waals surface area contributed by atoms with Crippen molar-refractivity contribution in [2.75, 3.05) is 38.8 Å². The van der Waals surface area contributed by atoms with E-state index in [-0.39, 0.29) is 6.04 Å². The molecule has 1 saturated carbocycles. The van der Waals surface area contributed by atoms with Crippen LogP contribution in [0.5, 0.6) is 0 Å². The molecule has 4 heterocycles. The van der Waals surface area contributed by atoms with Crippen LogP contribution in [0.3, 0.4) is 0 Å². The Bertz CT molecular complexity index is 1160. The third-order valence-electron chi connectivity index (χ3n) is 7.40. The van der Waals surface area contributed by atoms with Gasteiger partial charge in [0.15, 0.2) is 0 Å². The molecule has 33 heavy (non-hydrogen) atoms. The van der Waals surface area contributed by atoms with Crippen LogP contribution in [0.4, 0.5) is 5.82 Å². The minimum absolute atomic E-state index is 0.214. The molecule has 2 fully saturated rings. The molecule has 0 amide bonds. The number of nitrogens with one attached hydrogen (secondary N) is 1. The van der Waals surface area contributed by atoms with E-state index in [0.717, 1.165) is 65.9 Å². The minimum Gasteiger partial charge on any atom is -0.377 e. The predicted molar refractivity (Wildman–Crippen MR) is 128 cm³/mol. The van der Waals surface area contributed by atoms with Gasteiger partial charge in [-0.1, -0.05) is 0 Å². The molecule has 8 heteroatoms. The number of nitriles is 1. The SMILES string of the molecule is C[C@@H]1COCCN1c1cc(C2(C#N)CCC(N(C)C)CC2)c2ccnc(-c3ccn[nH]3)c2n1. The number of aromatic amines is 1. The van der Waals surface area contributed by atoms with E-state index >= 15 is 0 Å². The highest BCUT2D eigenvalue weighted by molar-refractivity contribution is 5.94. The van der Waals surface area contributed by atoms with Gasteiger partial charge in [-0.25, -0.2) is 4.98 Å². The lowest BCUT2D eigenvalue weighted by molar-refractivity contribution is 0.0985. The minimum atomic E-state index is -0.537. The molecule has 0 radical (unpaired) electrons. The van der Waals surface area contributed by atoms with Gasteiger partial charge < -0.3 is 14.5 Å². The second-order valence-electron chi connectivity index (χ2n) is 9.56. The van der Waals surface area contributed by atoms with Crippen LogP contribution in [-0.4, -0.2) is 71.0 Å². The number of rotatable bonds is 4. The first-order chi connectivity index (χ1) is 16.0. The quantitative estimate of drug-likeness (QED) is 0.657. The highest BCUT2D eigenvalue weighted by atomic mass is 16.5. The summed E-state index contributed by atoms with van der Waals surface area (Å²) in [5, 5.41) is 18.7. The van der Waals surface area contributed by atoms with E-state index < -0.39 is 5.41 Å². The van der Waals surface area contributed by atoms with E-state index in [9.17, 15) is 5.26 Å². The summed E-state index contributed by atoms with van der Waals surface area (Å²) in [6, 6.07) is 9.57. The molecule has 0 unspecified atom stereocenters. The monoisotopic (exact) mass is 445 g/mol. The lowest BCUT2D eigenvalue weighted by Gasteiger charge is -2.39. The van der Waals surface area contributed by atoms with Gasteiger partial charge in [-0.15, -0.1) is 0 Å². The number of aromatic nitrogens is 4. The molecule has 0 aromatic carbocycles. The van der Waals surface area contributed by atoms with Crippen LogP contribution in [0.15, 0.2) is 30.6 Å². The Morgan fingerprint density at radius 1 is 1.24 bits per heavy atom. The number of morpholine rings is 1. The van der Waals surface area contributed by atoms with E-state index in [1.165, 1.54) is 0 Å². The summed E-state index contributed by atoms with van der Waals surface area (Å²) in [6.07, 6.45) is 7.23. The Balaban J connectivity index is 1.70. The Labute approximate surface area is 194 Å². The molecule has 3 aromatic rings. The molecular formula is C25H31N7O. The van der Waals surface area contributed by atoms with E-state index in [0.29, 0.717) is 19.3 Å². The third kappa shape index (κ3) is 3.85. The zero-order valence-corrected chi connectivity index (χ0v) is 19.6. The van der Waals surface area contributed by atoms with Crippen molar-refractivity contribution in [3.63, 3.8) is 0 Å². The first kappa shape index (κ1) is 21.8. The molecule has 5 rings (SSSR count). The molecule has 1 aliphatic heterocycles. The Morgan fingerprint density at radius 3 is 2.73 bits per heavy atom. The average Bonchev–Trinajstić information content (AvgIpc) is 3.38. The molecule has 0 spiro atoms. The van der Waals surface area contributed by atoms with Gasteiger partial charge in [0.1, 0.15) is 17.0 Å². The van der Waals surface area contributed by atoms with Gasteiger partial charge in [0.25, 0.3) is 0 Å².